The third kappa shape index (κ3) is 5.08. The monoisotopic (exact) mass is 689 g/mol. The van der Waals surface area contributed by atoms with Crippen molar-refractivity contribution < 1.29 is 43.0 Å². The van der Waals surface area contributed by atoms with E-state index in [9.17, 15) is 33.5 Å². The number of imide groups is 2. The van der Waals surface area contributed by atoms with Gasteiger partial charge >= 0.3 is 5.97 Å². The Morgan fingerprint density at radius 1 is 0.939 bits per heavy atom. The van der Waals surface area contributed by atoms with Gasteiger partial charge in [-0.1, -0.05) is 41.4 Å². The van der Waals surface area contributed by atoms with Gasteiger partial charge in [0.1, 0.15) is 5.82 Å². The molecule has 0 radical (unpaired) electrons. The zero-order valence-electron chi connectivity index (χ0n) is 25.8. The van der Waals surface area contributed by atoms with Crippen molar-refractivity contribution in [1.82, 2.24) is 9.91 Å². The Balaban J connectivity index is 1.40. The van der Waals surface area contributed by atoms with Crippen molar-refractivity contribution in [3.05, 3.63) is 106 Å². The number of hydrazine groups is 1. The summed E-state index contributed by atoms with van der Waals surface area (Å²) in [5.41, 5.74) is 2.65. The second kappa shape index (κ2) is 12.1. The predicted octanol–water partition coefficient (Wildman–Crippen LogP) is 5.17. The maximum Gasteiger partial charge on any atom is 0.303 e. The van der Waals surface area contributed by atoms with E-state index < -0.39 is 82.0 Å². The van der Waals surface area contributed by atoms with Gasteiger partial charge in [0.25, 0.3) is 11.8 Å². The molecule has 4 amide bonds. The molecule has 3 fully saturated rings. The van der Waals surface area contributed by atoms with Crippen LogP contribution in [0.15, 0.2) is 78.4 Å². The lowest BCUT2D eigenvalue weighted by atomic mass is 9.49. The quantitative estimate of drug-likeness (QED) is 0.217. The first-order valence-electron chi connectivity index (χ1n) is 15.9. The Kier molecular flexibility index (Phi) is 8.01. The first-order chi connectivity index (χ1) is 23.4. The maximum absolute atomic E-state index is 15.2. The number of phenolic OH excluding ortho intramolecular Hbond substituents is 1. The van der Waals surface area contributed by atoms with Crippen molar-refractivity contribution in [3.63, 3.8) is 0 Å². The van der Waals surface area contributed by atoms with Gasteiger partial charge in [0.05, 0.1) is 28.9 Å². The van der Waals surface area contributed by atoms with Crippen LogP contribution < -0.4 is 5.43 Å². The number of hydrogen-bond acceptors (Lipinski definition) is 7. The summed E-state index contributed by atoms with van der Waals surface area (Å²) in [6.07, 6.45) is 1.77. The number of fused-ring (bicyclic) bond motifs is 4. The van der Waals surface area contributed by atoms with Crippen LogP contribution in [0.5, 0.6) is 5.75 Å². The number of nitrogens with zero attached hydrogens (tertiary/aromatic N) is 2. The Morgan fingerprint density at radius 2 is 1.65 bits per heavy atom. The molecule has 2 aliphatic heterocycles. The van der Waals surface area contributed by atoms with Gasteiger partial charge in [-0.25, -0.2) is 8.78 Å². The summed E-state index contributed by atoms with van der Waals surface area (Å²) < 4.78 is 28.9. The highest BCUT2D eigenvalue weighted by Crippen LogP contribution is 2.64. The van der Waals surface area contributed by atoms with E-state index in [-0.39, 0.29) is 43.5 Å². The highest BCUT2D eigenvalue weighted by molar-refractivity contribution is 6.30. The van der Waals surface area contributed by atoms with Crippen LogP contribution in [0.4, 0.5) is 14.5 Å². The molecule has 2 saturated heterocycles. The minimum atomic E-state index is -1.69. The molecule has 10 nitrogen and oxygen atoms in total. The number of carbonyl (C=O) groups is 5. The molecule has 6 unspecified atom stereocenters. The van der Waals surface area contributed by atoms with Gasteiger partial charge in [0.15, 0.2) is 11.6 Å². The number of carbonyl (C=O) groups excluding carboxylic acids is 4. The number of phenols is 1. The van der Waals surface area contributed by atoms with Crippen molar-refractivity contribution in [2.45, 2.75) is 37.0 Å². The van der Waals surface area contributed by atoms with Crippen LogP contribution in [0.1, 0.15) is 42.7 Å². The first-order valence-corrected chi connectivity index (χ1v) is 16.2. The van der Waals surface area contributed by atoms with E-state index in [0.29, 0.717) is 16.2 Å². The molecule has 4 aliphatic rings. The number of hydrogen-bond donors (Lipinski definition) is 3. The Hall–Kier alpha value is -5.10. The Bertz CT molecular complexity index is 1940. The highest BCUT2D eigenvalue weighted by Gasteiger charge is 2.70. The van der Waals surface area contributed by atoms with Crippen molar-refractivity contribution in [2.24, 2.45) is 23.7 Å². The average Bonchev–Trinajstić information content (AvgIpc) is 3.44. The number of benzene rings is 3. The van der Waals surface area contributed by atoms with E-state index in [1.807, 2.05) is 0 Å². The fourth-order valence-electron chi connectivity index (χ4n) is 8.41. The summed E-state index contributed by atoms with van der Waals surface area (Å²) >= 11 is 6.26. The molecule has 1 saturated carbocycles. The largest absolute Gasteiger partial charge is 0.505 e. The Morgan fingerprint density at radius 3 is 2.33 bits per heavy atom. The van der Waals surface area contributed by atoms with E-state index >= 15 is 4.39 Å². The fourth-order valence-corrected chi connectivity index (χ4v) is 8.53. The number of carboxylic acid groups (broad SMARTS) is 1. The maximum atomic E-state index is 15.2. The van der Waals surface area contributed by atoms with Crippen LogP contribution in [0.3, 0.4) is 0 Å². The molecule has 0 bridgehead atoms. The molecule has 0 spiro atoms. The van der Waals surface area contributed by atoms with Crippen molar-refractivity contribution in [2.75, 3.05) is 12.0 Å². The molecule has 0 aromatic heterocycles. The molecule has 3 N–H and O–H groups in total. The number of anilines is 1. The van der Waals surface area contributed by atoms with Gasteiger partial charge in [-0.05, 0) is 84.8 Å². The van der Waals surface area contributed by atoms with Crippen LogP contribution in [-0.2, 0) is 29.4 Å². The summed E-state index contributed by atoms with van der Waals surface area (Å²) in [5.74, 6) is -9.89. The number of aliphatic carboxylic acids is 1. The van der Waals surface area contributed by atoms with Crippen LogP contribution in [0.25, 0.3) is 0 Å². The predicted molar refractivity (Wildman–Crippen MR) is 171 cm³/mol. The topological polar surface area (TPSA) is 144 Å². The molecule has 3 aromatic carbocycles. The Labute approximate surface area is 283 Å². The van der Waals surface area contributed by atoms with Gasteiger partial charge in [-0.3, -0.25) is 34.3 Å². The number of nitrogens with one attached hydrogen (secondary N) is 1. The standard InChI is InChI=1S/C36H30ClF2N3O7/c37-20-6-4-19(5-7-20)36-26(33(47)42(35(36)49)40-22-10-8-21(38)9-11-22)17-25-23(31(36)18-3-14-28(43)27(39)16-18)12-13-24-30(25)34(48)41(32(24)46)15-1-2-29(44)45/h3-12,14,16,24-26,30-31,40,43H,1-2,13,15,17H2,(H,44,45). The van der Waals surface area contributed by atoms with Crippen LogP contribution in [0, 0.1) is 35.3 Å². The molecule has 3 aromatic rings. The second-order valence-corrected chi connectivity index (χ2v) is 13.3. The summed E-state index contributed by atoms with van der Waals surface area (Å²) in [4.78, 5) is 69.3. The van der Waals surface area contributed by atoms with Crippen molar-refractivity contribution in [3.8, 4) is 5.75 Å². The summed E-state index contributed by atoms with van der Waals surface area (Å²) in [6.45, 7) is -0.0729. The normalized spacial score (nSPS) is 27.5. The average molecular weight is 690 g/mol. The van der Waals surface area contributed by atoms with E-state index in [4.69, 9.17) is 16.7 Å². The fraction of sp³-hybridized carbons (Fsp3) is 0.306. The van der Waals surface area contributed by atoms with Crippen LogP contribution in [-0.4, -0.2) is 56.3 Å². The molecular weight excluding hydrogens is 660 g/mol. The zero-order valence-corrected chi connectivity index (χ0v) is 26.6. The lowest BCUT2D eigenvalue weighted by molar-refractivity contribution is -0.142. The SMILES string of the molecule is O=C(O)CCCN1C(=O)C2CC=C3C(CC4C(=O)N(Nc5ccc(F)cc5)C(=O)C4(c4ccc(Cl)cc4)C3c3ccc(O)c(F)c3)C2C1=O. The number of rotatable bonds is 8. The van der Waals surface area contributed by atoms with Gasteiger partial charge in [0.2, 0.25) is 11.8 Å². The lowest BCUT2D eigenvalue weighted by Gasteiger charge is -2.50. The summed E-state index contributed by atoms with van der Waals surface area (Å²) in [5, 5.41) is 20.5. The molecule has 49 heavy (non-hydrogen) atoms. The van der Waals surface area contributed by atoms with E-state index in [1.54, 1.807) is 30.3 Å². The minimum absolute atomic E-state index is 0.0130. The molecule has 2 heterocycles. The summed E-state index contributed by atoms with van der Waals surface area (Å²) in [7, 11) is 0. The second-order valence-electron chi connectivity index (χ2n) is 12.9. The van der Waals surface area contributed by atoms with E-state index in [2.05, 4.69) is 5.43 Å². The zero-order chi connectivity index (χ0) is 34.8. The van der Waals surface area contributed by atoms with Crippen molar-refractivity contribution in [1.29, 1.82) is 0 Å². The first kappa shape index (κ1) is 32.4. The number of likely N-dealkylation sites (tertiary alicyclic amines) is 1. The molecule has 2 aliphatic carbocycles. The third-order valence-electron chi connectivity index (χ3n) is 10.4. The lowest BCUT2D eigenvalue weighted by Crippen LogP contribution is -2.53. The summed E-state index contributed by atoms with van der Waals surface area (Å²) in [6, 6.07) is 15.2. The van der Waals surface area contributed by atoms with Crippen LogP contribution >= 0.6 is 11.6 Å². The van der Waals surface area contributed by atoms with Crippen molar-refractivity contribution >= 4 is 46.9 Å². The van der Waals surface area contributed by atoms with Gasteiger partial charge < -0.3 is 10.2 Å². The minimum Gasteiger partial charge on any atom is -0.505 e. The van der Waals surface area contributed by atoms with Gasteiger partial charge in [0, 0.05) is 23.9 Å². The third-order valence-corrected chi connectivity index (χ3v) is 10.7. The molecule has 7 rings (SSSR count). The molecule has 252 valence electrons. The number of amides is 4. The molecular formula is C36H30ClF2N3O7. The number of halogens is 3. The highest BCUT2D eigenvalue weighted by atomic mass is 35.5. The number of allylic oxidation sites excluding steroid dienone is 2. The van der Waals surface area contributed by atoms with Crippen LogP contribution in [0.2, 0.25) is 5.02 Å². The molecule has 6 atom stereocenters. The van der Waals surface area contributed by atoms with E-state index in [1.165, 1.54) is 30.3 Å². The smallest absolute Gasteiger partial charge is 0.303 e. The van der Waals surface area contributed by atoms with Gasteiger partial charge in [-0.2, -0.15) is 5.01 Å². The van der Waals surface area contributed by atoms with Gasteiger partial charge in [-0.15, -0.1) is 0 Å². The number of carboxylic acids is 1. The number of aromatic hydroxyl groups is 1. The molecule has 13 heteroatoms. The van der Waals surface area contributed by atoms with E-state index in [0.717, 1.165) is 22.0 Å².